The fourth-order valence-electron chi connectivity index (χ4n) is 1.86. The van der Waals surface area contributed by atoms with Crippen molar-refractivity contribution in [3.63, 3.8) is 0 Å². The zero-order chi connectivity index (χ0) is 12.5. The summed E-state index contributed by atoms with van der Waals surface area (Å²) in [5.41, 5.74) is 0.722. The molecule has 0 fully saturated rings. The Balaban J connectivity index is 0.00000133. The van der Waals surface area contributed by atoms with Crippen LogP contribution in [0.3, 0.4) is 0 Å². The number of aromatic nitrogens is 2. The molecule has 86 valence electrons. The monoisotopic (exact) mass is 321 g/mol. The van der Waals surface area contributed by atoms with Gasteiger partial charge in [0.2, 0.25) is 0 Å². The quantitative estimate of drug-likeness (QED) is 0.496. The molecule has 0 atom stereocenters. The minimum absolute atomic E-state index is 0. The fourth-order valence-corrected chi connectivity index (χ4v) is 1.86. The van der Waals surface area contributed by atoms with Crippen molar-refractivity contribution < 1.29 is 68.3 Å². The van der Waals surface area contributed by atoms with Gasteiger partial charge in [-0.1, -0.05) is 30.3 Å². The maximum absolute atomic E-state index is 12.2. The van der Waals surface area contributed by atoms with Crippen LogP contribution in [0.15, 0.2) is 47.3 Å². The van der Waals surface area contributed by atoms with Gasteiger partial charge in [0.15, 0.2) is 0 Å². The van der Waals surface area contributed by atoms with E-state index in [0.717, 1.165) is 0 Å². The molecule has 0 aliphatic rings. The van der Waals surface area contributed by atoms with Crippen molar-refractivity contribution >= 4 is 5.65 Å². The van der Waals surface area contributed by atoms with E-state index in [0.29, 0.717) is 11.2 Å². The van der Waals surface area contributed by atoms with Gasteiger partial charge < -0.3 is 5.11 Å². The summed E-state index contributed by atoms with van der Waals surface area (Å²) in [6.07, 6.45) is 2.67. The van der Waals surface area contributed by atoms with E-state index in [-0.39, 0.29) is 63.8 Å². The minimum atomic E-state index is -0.397. The molecule has 1 aromatic carbocycles. The smallest absolute Gasteiger partial charge is 0.842 e. The average Bonchev–Trinajstić information content (AvgIpc) is 2.40. The molecule has 0 unspecified atom stereocenters. The Kier molecular flexibility index (Phi) is 4.53. The summed E-state index contributed by atoms with van der Waals surface area (Å²) in [6, 6.07) is 14.7. The van der Waals surface area contributed by atoms with Crippen LogP contribution in [-0.2, 0) is 0 Å². The van der Waals surface area contributed by atoms with Crippen molar-refractivity contribution in [1.29, 1.82) is 0 Å². The summed E-state index contributed by atoms with van der Waals surface area (Å²) in [7, 11) is 0. The van der Waals surface area contributed by atoms with Crippen LogP contribution in [0.4, 0.5) is 0 Å². The first-order chi connectivity index (χ1) is 8.77. The molecule has 0 aliphatic heterocycles. The van der Waals surface area contributed by atoms with Gasteiger partial charge in [-0.3, -0.25) is 4.98 Å². The zero-order valence-electron chi connectivity index (χ0n) is 10.3. The second-order valence-corrected chi connectivity index (χ2v) is 3.81. The molecule has 0 spiro atoms. The van der Waals surface area contributed by atoms with Crippen LogP contribution in [0.25, 0.3) is 16.8 Å². The minimum Gasteiger partial charge on any atom is -0.842 e. The number of aromatic amines is 1. The van der Waals surface area contributed by atoms with Crippen LogP contribution in [-0.4, -0.2) is 4.40 Å². The van der Waals surface area contributed by atoms with Crippen molar-refractivity contribution in [3.8, 4) is 17.0 Å². The van der Waals surface area contributed by atoms with E-state index in [1.54, 1.807) is 36.4 Å². The Morgan fingerprint density at radius 3 is 2.63 bits per heavy atom. The third kappa shape index (κ3) is 2.65. The molecule has 1 N–H and O–H groups in total. The van der Waals surface area contributed by atoms with E-state index in [4.69, 9.17) is 0 Å². The van der Waals surface area contributed by atoms with Crippen LogP contribution < -0.4 is 73.8 Å². The molecule has 0 bridgehead atoms. The van der Waals surface area contributed by atoms with Gasteiger partial charge in [0.25, 0.3) is 5.65 Å². The fraction of sp³-hybridized carbons (Fsp3) is 0. The number of benzene rings is 1. The van der Waals surface area contributed by atoms with Gasteiger partial charge >= 0.3 is 63.7 Å². The molecule has 3 rings (SSSR count). The molecule has 3 aromatic rings. The summed E-state index contributed by atoms with van der Waals surface area (Å²) >= 11 is 0. The predicted molar refractivity (Wildman–Crippen MR) is 62.8 cm³/mol. The number of hydrogen-bond acceptors (Lipinski definition) is 2. The van der Waals surface area contributed by atoms with E-state index >= 15 is 0 Å². The Morgan fingerprint density at radius 2 is 1.89 bits per heavy atom. The van der Waals surface area contributed by atoms with Crippen molar-refractivity contribution in [3.05, 3.63) is 65.1 Å². The molecule has 0 radical (unpaired) electrons. The van der Waals surface area contributed by atoms with E-state index in [9.17, 15) is 9.90 Å². The summed E-state index contributed by atoms with van der Waals surface area (Å²) < 4.78 is 1.25. The molecular formula is C14H8N2O2Rb+. The van der Waals surface area contributed by atoms with Crippen LogP contribution in [0.2, 0.25) is 0 Å². The van der Waals surface area contributed by atoms with Crippen molar-refractivity contribution in [1.82, 2.24) is 4.40 Å². The topological polar surface area (TPSA) is 58.7 Å². The number of hydrogen-bond donors (Lipinski definition) is 0. The van der Waals surface area contributed by atoms with Crippen LogP contribution >= 0.6 is 0 Å². The molecule has 0 aliphatic carbocycles. The van der Waals surface area contributed by atoms with Gasteiger partial charge in [-0.15, -0.1) is 4.40 Å². The third-order valence-electron chi connectivity index (χ3n) is 2.69. The van der Waals surface area contributed by atoms with Crippen molar-refractivity contribution in [2.24, 2.45) is 0 Å². The Bertz CT molecular complexity index is 769. The Hall–Kier alpha value is -0.995. The second kappa shape index (κ2) is 5.97. The van der Waals surface area contributed by atoms with Gasteiger partial charge in [0, 0.05) is 12.1 Å². The van der Waals surface area contributed by atoms with Gasteiger partial charge in [-0.2, -0.15) is 0 Å². The first-order valence-electron chi connectivity index (χ1n) is 5.40. The summed E-state index contributed by atoms with van der Waals surface area (Å²) in [6.45, 7) is 0. The first-order valence-corrected chi connectivity index (χ1v) is 5.40. The largest absolute Gasteiger partial charge is 1.00 e. The van der Waals surface area contributed by atoms with E-state index < -0.39 is 11.4 Å². The van der Waals surface area contributed by atoms with Gasteiger partial charge in [0.05, 0.1) is 5.88 Å². The maximum atomic E-state index is 12.2. The molecule has 2 aromatic heterocycles. The third-order valence-corrected chi connectivity index (χ3v) is 2.69. The molecule has 2 heterocycles. The molecule has 19 heavy (non-hydrogen) atoms. The van der Waals surface area contributed by atoms with Crippen molar-refractivity contribution in [2.75, 3.05) is 0 Å². The summed E-state index contributed by atoms with van der Waals surface area (Å²) in [5.74, 6) is -0.397. The van der Waals surface area contributed by atoms with Crippen molar-refractivity contribution in [2.45, 2.75) is 0 Å². The maximum Gasteiger partial charge on any atom is 1.00 e. The van der Waals surface area contributed by atoms with E-state index in [2.05, 4.69) is 17.2 Å². The number of H-pyrrole nitrogens is 1. The molecule has 0 saturated heterocycles. The zero-order valence-corrected chi connectivity index (χ0v) is 15.2. The van der Waals surface area contributed by atoms with Crippen LogP contribution in [0.1, 0.15) is 0 Å². The Labute approximate surface area is 158 Å². The van der Waals surface area contributed by atoms with Crippen LogP contribution in [0, 0.1) is 12.3 Å². The summed E-state index contributed by atoms with van der Waals surface area (Å²) in [5, 5.41) is 12.0. The normalized spacial score (nSPS) is 9.68. The molecule has 0 saturated carbocycles. The van der Waals surface area contributed by atoms with E-state index in [1.165, 1.54) is 4.40 Å². The average molecular weight is 322 g/mol. The summed E-state index contributed by atoms with van der Waals surface area (Å²) in [4.78, 5) is 14.9. The number of rotatable bonds is 1. The van der Waals surface area contributed by atoms with Crippen LogP contribution in [0.5, 0.6) is 5.88 Å². The number of nitrogens with zero attached hydrogens (tertiary/aromatic N) is 1. The molecule has 0 amide bonds. The van der Waals surface area contributed by atoms with Gasteiger partial charge in [-0.05, 0) is 11.6 Å². The van der Waals surface area contributed by atoms with E-state index in [1.807, 2.05) is 6.07 Å². The Morgan fingerprint density at radius 1 is 1.16 bits per heavy atom. The molecule has 5 heteroatoms. The number of nitrogens with one attached hydrogen (secondary N) is 1. The molecule has 4 nitrogen and oxygen atoms in total. The van der Waals surface area contributed by atoms with Gasteiger partial charge in [-0.25, -0.2) is 4.79 Å². The molecular weight excluding hydrogens is 314 g/mol. The first kappa shape index (κ1) is 14.4. The predicted octanol–water partition coefficient (Wildman–Crippen LogP) is -2.54. The number of fused-ring (bicyclic) bond motifs is 1. The second-order valence-electron chi connectivity index (χ2n) is 3.81. The van der Waals surface area contributed by atoms with Gasteiger partial charge in [0.1, 0.15) is 11.8 Å². The SMILES string of the molecule is O=c1c(-c2ccccc2)c([O-])[nH+]c2ccc#cn12.[Rb+]. The standard InChI is InChI=1S/C14H8N2O2.Rb/c17-13-12(10-6-2-1-3-7-10)14(18)16-9-5-4-8-11(16)15-13;/h1-4,6-8,17H;/q;+1.